The van der Waals surface area contributed by atoms with Crippen molar-refractivity contribution in [3.8, 4) is 17.1 Å². The monoisotopic (exact) mass is 274 g/mol. The van der Waals surface area contributed by atoms with Gasteiger partial charge in [0.25, 0.3) is 0 Å². The molecule has 0 aliphatic heterocycles. The second-order valence-electron chi connectivity index (χ2n) is 4.14. The standard InChI is InChI=1S/C13H11ClN4O/c1-8-7-11(14)17-18-12(8)15-16-13(18)9-3-5-10(19-2)6-4-9/h3-7H,1-2H3. The Labute approximate surface area is 114 Å². The number of ether oxygens (including phenoxy) is 1. The highest BCUT2D eigenvalue weighted by Gasteiger charge is 2.12. The third kappa shape index (κ3) is 2.02. The first kappa shape index (κ1) is 11.9. The molecule has 0 unspecified atom stereocenters. The Balaban J connectivity index is 2.19. The zero-order valence-corrected chi connectivity index (χ0v) is 11.2. The maximum atomic E-state index is 5.98. The van der Waals surface area contributed by atoms with Gasteiger partial charge in [-0.2, -0.15) is 9.61 Å². The average molecular weight is 275 g/mol. The van der Waals surface area contributed by atoms with Gasteiger partial charge < -0.3 is 4.74 Å². The van der Waals surface area contributed by atoms with Crippen molar-refractivity contribution in [3.05, 3.63) is 41.0 Å². The zero-order valence-electron chi connectivity index (χ0n) is 10.5. The summed E-state index contributed by atoms with van der Waals surface area (Å²) in [6.45, 7) is 1.93. The van der Waals surface area contributed by atoms with Crippen molar-refractivity contribution in [1.82, 2.24) is 19.8 Å². The number of rotatable bonds is 2. The minimum absolute atomic E-state index is 0.416. The Morgan fingerprint density at radius 3 is 2.58 bits per heavy atom. The van der Waals surface area contributed by atoms with Gasteiger partial charge in [0.1, 0.15) is 5.75 Å². The van der Waals surface area contributed by atoms with Crippen LogP contribution in [0.5, 0.6) is 5.75 Å². The molecule has 0 atom stereocenters. The van der Waals surface area contributed by atoms with Crippen molar-refractivity contribution in [1.29, 1.82) is 0 Å². The first-order chi connectivity index (χ1) is 9.19. The quantitative estimate of drug-likeness (QED) is 0.721. The number of methoxy groups -OCH3 is 1. The predicted octanol–water partition coefficient (Wildman–Crippen LogP) is 2.76. The van der Waals surface area contributed by atoms with Gasteiger partial charge in [-0.05, 0) is 42.8 Å². The normalized spacial score (nSPS) is 10.9. The zero-order chi connectivity index (χ0) is 13.4. The summed E-state index contributed by atoms with van der Waals surface area (Å²) in [4.78, 5) is 0. The van der Waals surface area contributed by atoms with E-state index in [0.717, 1.165) is 16.9 Å². The molecule has 0 saturated carbocycles. The van der Waals surface area contributed by atoms with E-state index in [1.165, 1.54) is 0 Å². The van der Waals surface area contributed by atoms with Crippen LogP contribution in [-0.4, -0.2) is 26.9 Å². The number of aryl methyl sites for hydroxylation is 1. The van der Waals surface area contributed by atoms with Crippen LogP contribution >= 0.6 is 11.6 Å². The average Bonchev–Trinajstić information content (AvgIpc) is 2.83. The highest BCUT2D eigenvalue weighted by molar-refractivity contribution is 6.29. The van der Waals surface area contributed by atoms with Gasteiger partial charge in [-0.15, -0.1) is 10.2 Å². The number of halogens is 1. The lowest BCUT2D eigenvalue weighted by molar-refractivity contribution is 0.415. The van der Waals surface area contributed by atoms with Gasteiger partial charge in [0, 0.05) is 5.56 Å². The molecule has 3 rings (SSSR count). The molecular weight excluding hydrogens is 264 g/mol. The predicted molar refractivity (Wildman–Crippen MR) is 72.5 cm³/mol. The molecule has 0 amide bonds. The van der Waals surface area contributed by atoms with Crippen LogP contribution < -0.4 is 4.74 Å². The molecule has 2 heterocycles. The Bertz CT molecular complexity index is 736. The van der Waals surface area contributed by atoms with Gasteiger partial charge in [-0.1, -0.05) is 11.6 Å². The smallest absolute Gasteiger partial charge is 0.185 e. The minimum Gasteiger partial charge on any atom is -0.497 e. The van der Waals surface area contributed by atoms with Gasteiger partial charge in [0.05, 0.1) is 7.11 Å². The summed E-state index contributed by atoms with van der Waals surface area (Å²) in [7, 11) is 1.63. The van der Waals surface area contributed by atoms with E-state index >= 15 is 0 Å². The summed E-state index contributed by atoms with van der Waals surface area (Å²) in [6, 6.07) is 9.32. The van der Waals surface area contributed by atoms with Crippen molar-refractivity contribution >= 4 is 17.2 Å². The molecule has 19 heavy (non-hydrogen) atoms. The van der Waals surface area contributed by atoms with Crippen LogP contribution in [0.2, 0.25) is 5.15 Å². The van der Waals surface area contributed by atoms with Crippen LogP contribution in [-0.2, 0) is 0 Å². The molecule has 3 aromatic rings. The van der Waals surface area contributed by atoms with Gasteiger partial charge in [0.15, 0.2) is 16.6 Å². The number of fused-ring (bicyclic) bond motifs is 1. The number of nitrogens with zero attached hydrogens (tertiary/aromatic N) is 4. The number of benzene rings is 1. The van der Waals surface area contributed by atoms with Crippen molar-refractivity contribution in [2.75, 3.05) is 7.11 Å². The Morgan fingerprint density at radius 2 is 1.89 bits per heavy atom. The van der Waals surface area contributed by atoms with E-state index in [1.807, 2.05) is 31.2 Å². The van der Waals surface area contributed by atoms with E-state index in [1.54, 1.807) is 17.7 Å². The second-order valence-corrected chi connectivity index (χ2v) is 4.52. The molecule has 0 bridgehead atoms. The summed E-state index contributed by atoms with van der Waals surface area (Å²) in [5.41, 5.74) is 2.55. The van der Waals surface area contributed by atoms with Crippen molar-refractivity contribution < 1.29 is 4.74 Å². The van der Waals surface area contributed by atoms with E-state index in [-0.39, 0.29) is 0 Å². The van der Waals surface area contributed by atoms with Crippen LogP contribution in [0, 0.1) is 6.92 Å². The van der Waals surface area contributed by atoms with Crippen LogP contribution in [0.3, 0.4) is 0 Å². The molecule has 0 aliphatic rings. The number of hydrogen-bond acceptors (Lipinski definition) is 4. The molecular formula is C13H11ClN4O. The van der Waals surface area contributed by atoms with E-state index in [4.69, 9.17) is 16.3 Å². The maximum Gasteiger partial charge on any atom is 0.185 e. The topological polar surface area (TPSA) is 52.3 Å². The second kappa shape index (κ2) is 4.51. The SMILES string of the molecule is COc1ccc(-c2nnc3c(C)cc(Cl)nn23)cc1. The summed E-state index contributed by atoms with van der Waals surface area (Å²) in [5, 5.41) is 13.0. The molecule has 96 valence electrons. The molecule has 6 heteroatoms. The van der Waals surface area contributed by atoms with Crippen molar-refractivity contribution in [2.45, 2.75) is 6.92 Å². The van der Waals surface area contributed by atoms with Crippen LogP contribution in [0.25, 0.3) is 17.0 Å². The van der Waals surface area contributed by atoms with E-state index in [9.17, 15) is 0 Å². The molecule has 0 aliphatic carbocycles. The van der Waals surface area contributed by atoms with Crippen LogP contribution in [0.15, 0.2) is 30.3 Å². The Kier molecular flexibility index (Phi) is 2.83. The molecule has 0 N–H and O–H groups in total. The van der Waals surface area contributed by atoms with Crippen LogP contribution in [0.4, 0.5) is 0 Å². The molecule has 1 aromatic carbocycles. The minimum atomic E-state index is 0.416. The molecule has 0 spiro atoms. The summed E-state index contributed by atoms with van der Waals surface area (Å²) >= 11 is 5.98. The lowest BCUT2D eigenvalue weighted by atomic mass is 10.2. The van der Waals surface area contributed by atoms with Gasteiger partial charge in [-0.3, -0.25) is 0 Å². The maximum absolute atomic E-state index is 5.98. The molecule has 0 fully saturated rings. The van der Waals surface area contributed by atoms with Crippen molar-refractivity contribution in [3.63, 3.8) is 0 Å². The van der Waals surface area contributed by atoms with E-state index in [0.29, 0.717) is 16.6 Å². The van der Waals surface area contributed by atoms with Gasteiger partial charge >= 0.3 is 0 Å². The lowest BCUT2D eigenvalue weighted by Gasteiger charge is -2.03. The number of hydrogen-bond donors (Lipinski definition) is 0. The first-order valence-corrected chi connectivity index (χ1v) is 6.10. The summed E-state index contributed by atoms with van der Waals surface area (Å²) < 4.78 is 6.78. The molecule has 0 radical (unpaired) electrons. The third-order valence-corrected chi connectivity index (χ3v) is 3.06. The highest BCUT2D eigenvalue weighted by Crippen LogP contribution is 2.22. The van der Waals surface area contributed by atoms with E-state index in [2.05, 4.69) is 15.3 Å². The largest absolute Gasteiger partial charge is 0.497 e. The third-order valence-electron chi connectivity index (χ3n) is 2.87. The molecule has 0 saturated heterocycles. The summed E-state index contributed by atoms with van der Waals surface area (Å²) in [5.74, 6) is 1.45. The lowest BCUT2D eigenvalue weighted by Crippen LogP contribution is -1.97. The van der Waals surface area contributed by atoms with Gasteiger partial charge in [-0.25, -0.2) is 0 Å². The fourth-order valence-electron chi connectivity index (χ4n) is 1.91. The van der Waals surface area contributed by atoms with Crippen LogP contribution in [0.1, 0.15) is 5.56 Å². The van der Waals surface area contributed by atoms with Gasteiger partial charge in [0.2, 0.25) is 0 Å². The Hall–Kier alpha value is -2.14. The molecule has 2 aromatic heterocycles. The Morgan fingerprint density at radius 1 is 1.16 bits per heavy atom. The first-order valence-electron chi connectivity index (χ1n) is 5.72. The fourth-order valence-corrected chi connectivity index (χ4v) is 2.15. The molecule has 5 nitrogen and oxygen atoms in total. The van der Waals surface area contributed by atoms with Crippen molar-refractivity contribution in [2.24, 2.45) is 0 Å². The highest BCUT2D eigenvalue weighted by atomic mass is 35.5. The number of aromatic nitrogens is 4. The fraction of sp³-hybridized carbons (Fsp3) is 0.154. The van der Waals surface area contributed by atoms with E-state index < -0.39 is 0 Å². The summed E-state index contributed by atoms with van der Waals surface area (Å²) in [6.07, 6.45) is 0.